The Labute approximate surface area is 122 Å². The van der Waals surface area contributed by atoms with Crippen molar-refractivity contribution in [2.24, 2.45) is 5.73 Å². The zero-order chi connectivity index (χ0) is 13.1. The van der Waals surface area contributed by atoms with E-state index in [1.165, 1.54) is 0 Å². The topological polar surface area (TPSA) is 59.1 Å². The number of hydrogen-bond donors (Lipinski definition) is 2. The van der Waals surface area contributed by atoms with Gasteiger partial charge in [0.25, 0.3) is 0 Å². The Hall–Kier alpha value is -1.04. The van der Waals surface area contributed by atoms with E-state index in [0.717, 1.165) is 8.66 Å². The van der Waals surface area contributed by atoms with Gasteiger partial charge in [-0.15, -0.1) is 11.3 Å². The highest BCUT2D eigenvalue weighted by molar-refractivity contribution is 9.11. The molecule has 1 aromatic heterocycles. The summed E-state index contributed by atoms with van der Waals surface area (Å²) in [6.07, 6.45) is 0. The van der Waals surface area contributed by atoms with Gasteiger partial charge in [-0.25, -0.2) is 0 Å². The molecule has 2 rings (SSSR count). The van der Waals surface area contributed by atoms with Crippen LogP contribution in [-0.4, -0.2) is 5.84 Å². The van der Waals surface area contributed by atoms with Crippen LogP contribution in [0.1, 0.15) is 10.4 Å². The van der Waals surface area contributed by atoms with Crippen LogP contribution in [0.5, 0.6) is 5.75 Å². The number of ether oxygens (including phenoxy) is 1. The molecule has 0 saturated carbocycles. The molecule has 0 atom stereocenters. The Morgan fingerprint density at radius 3 is 2.78 bits per heavy atom. The van der Waals surface area contributed by atoms with Crippen LogP contribution < -0.4 is 10.5 Å². The minimum atomic E-state index is -0.0945. The molecule has 94 valence electrons. The first-order valence-electron chi connectivity index (χ1n) is 5.08. The zero-order valence-corrected chi connectivity index (χ0v) is 12.4. The summed E-state index contributed by atoms with van der Waals surface area (Å²) in [5.41, 5.74) is 5.94. The SMILES string of the molecule is N=C(N)c1c(Cl)cccc1OCc1ccc(Br)s1. The van der Waals surface area contributed by atoms with Crippen LogP contribution in [0.2, 0.25) is 5.02 Å². The number of nitrogens with two attached hydrogens (primary N) is 1. The normalized spacial score (nSPS) is 10.3. The molecule has 18 heavy (non-hydrogen) atoms. The highest BCUT2D eigenvalue weighted by Gasteiger charge is 2.11. The average molecular weight is 346 g/mol. The minimum Gasteiger partial charge on any atom is -0.487 e. The summed E-state index contributed by atoms with van der Waals surface area (Å²) in [5, 5.41) is 7.94. The summed E-state index contributed by atoms with van der Waals surface area (Å²) in [5.74, 6) is 0.433. The number of benzene rings is 1. The Morgan fingerprint density at radius 2 is 2.17 bits per heavy atom. The molecule has 3 nitrogen and oxygen atoms in total. The number of amidine groups is 1. The molecule has 1 heterocycles. The van der Waals surface area contributed by atoms with Gasteiger partial charge in [0.2, 0.25) is 0 Å². The smallest absolute Gasteiger partial charge is 0.132 e. The molecule has 0 spiro atoms. The lowest BCUT2D eigenvalue weighted by molar-refractivity contribution is 0.309. The number of nitrogens with one attached hydrogen (secondary N) is 1. The molecule has 1 aromatic carbocycles. The Balaban J connectivity index is 2.19. The maximum absolute atomic E-state index is 7.51. The predicted octanol–water partition coefficient (Wildman–Crippen LogP) is 4.03. The molecule has 0 aliphatic rings. The van der Waals surface area contributed by atoms with E-state index < -0.39 is 0 Å². The van der Waals surface area contributed by atoms with Crippen LogP contribution in [0.15, 0.2) is 34.1 Å². The van der Waals surface area contributed by atoms with Crippen LogP contribution in [-0.2, 0) is 6.61 Å². The first kappa shape index (κ1) is 13.4. The van der Waals surface area contributed by atoms with Gasteiger partial charge in [0, 0.05) is 4.88 Å². The van der Waals surface area contributed by atoms with Crippen molar-refractivity contribution >= 4 is 44.7 Å². The molecule has 0 amide bonds. The minimum absolute atomic E-state index is 0.0945. The summed E-state index contributed by atoms with van der Waals surface area (Å²) in [7, 11) is 0. The van der Waals surface area contributed by atoms with Crippen molar-refractivity contribution in [2.45, 2.75) is 6.61 Å². The first-order chi connectivity index (χ1) is 8.58. The summed E-state index contributed by atoms with van der Waals surface area (Å²) < 4.78 is 6.72. The molecule has 3 N–H and O–H groups in total. The Morgan fingerprint density at radius 1 is 1.39 bits per heavy atom. The second kappa shape index (κ2) is 5.73. The fraction of sp³-hybridized carbons (Fsp3) is 0.0833. The van der Waals surface area contributed by atoms with E-state index in [9.17, 15) is 0 Å². The molecule has 6 heteroatoms. The summed E-state index contributed by atoms with van der Waals surface area (Å²) in [6.45, 7) is 0.427. The lowest BCUT2D eigenvalue weighted by Crippen LogP contribution is -2.13. The van der Waals surface area contributed by atoms with E-state index in [1.807, 2.05) is 12.1 Å². The summed E-state index contributed by atoms with van der Waals surface area (Å²) in [4.78, 5) is 1.08. The third-order valence-electron chi connectivity index (χ3n) is 2.24. The molecule has 0 aliphatic carbocycles. The highest BCUT2D eigenvalue weighted by Crippen LogP contribution is 2.28. The first-order valence-corrected chi connectivity index (χ1v) is 7.06. The van der Waals surface area contributed by atoms with Crippen LogP contribution in [0.4, 0.5) is 0 Å². The second-order valence-electron chi connectivity index (χ2n) is 3.52. The summed E-state index contributed by atoms with van der Waals surface area (Å²) >= 11 is 11.0. The van der Waals surface area contributed by atoms with Crippen molar-refractivity contribution in [1.82, 2.24) is 0 Å². The van der Waals surface area contributed by atoms with E-state index in [0.29, 0.717) is 22.9 Å². The molecule has 0 fully saturated rings. The molecule has 0 bridgehead atoms. The quantitative estimate of drug-likeness (QED) is 0.649. The molecule has 0 radical (unpaired) electrons. The fourth-order valence-electron chi connectivity index (χ4n) is 1.46. The number of hydrogen-bond acceptors (Lipinski definition) is 3. The van der Waals surface area contributed by atoms with Crippen molar-refractivity contribution in [3.05, 3.63) is 49.6 Å². The standard InChI is InChI=1S/C12H10BrClN2OS/c13-10-5-4-7(18-10)6-17-9-3-1-2-8(14)11(9)12(15)16/h1-5H,6H2,(H3,15,16). The summed E-state index contributed by atoms with van der Waals surface area (Å²) in [6, 6.07) is 9.16. The molecular weight excluding hydrogens is 336 g/mol. The maximum atomic E-state index is 7.51. The van der Waals surface area contributed by atoms with E-state index in [2.05, 4.69) is 15.9 Å². The van der Waals surface area contributed by atoms with Crippen molar-refractivity contribution in [2.75, 3.05) is 0 Å². The third-order valence-corrected chi connectivity index (χ3v) is 4.16. The van der Waals surface area contributed by atoms with Crippen molar-refractivity contribution in [1.29, 1.82) is 5.41 Å². The molecule has 0 aliphatic heterocycles. The van der Waals surface area contributed by atoms with E-state index in [4.69, 9.17) is 27.5 Å². The molecule has 0 saturated heterocycles. The van der Waals surface area contributed by atoms with E-state index >= 15 is 0 Å². The van der Waals surface area contributed by atoms with Crippen LogP contribution >= 0.6 is 38.9 Å². The van der Waals surface area contributed by atoms with Gasteiger partial charge in [-0.1, -0.05) is 17.7 Å². The van der Waals surface area contributed by atoms with Gasteiger partial charge in [0.1, 0.15) is 18.2 Å². The van der Waals surface area contributed by atoms with Gasteiger partial charge in [-0.05, 0) is 40.2 Å². The number of nitrogen functional groups attached to an aromatic ring is 1. The molecular formula is C12H10BrClN2OS. The fourth-order valence-corrected chi connectivity index (χ4v) is 3.13. The Kier molecular flexibility index (Phi) is 4.27. The van der Waals surface area contributed by atoms with Crippen LogP contribution in [0.3, 0.4) is 0 Å². The van der Waals surface area contributed by atoms with Crippen LogP contribution in [0.25, 0.3) is 0 Å². The van der Waals surface area contributed by atoms with E-state index in [-0.39, 0.29) is 5.84 Å². The van der Waals surface area contributed by atoms with Crippen molar-refractivity contribution < 1.29 is 4.74 Å². The van der Waals surface area contributed by atoms with Crippen molar-refractivity contribution in [3.8, 4) is 5.75 Å². The molecule has 0 unspecified atom stereocenters. The maximum Gasteiger partial charge on any atom is 0.132 e. The predicted molar refractivity (Wildman–Crippen MR) is 78.8 cm³/mol. The van der Waals surface area contributed by atoms with Gasteiger partial charge in [0.05, 0.1) is 14.4 Å². The lowest BCUT2D eigenvalue weighted by atomic mass is 10.2. The van der Waals surface area contributed by atoms with Gasteiger partial charge in [0.15, 0.2) is 0 Å². The van der Waals surface area contributed by atoms with Gasteiger partial charge < -0.3 is 10.5 Å². The van der Waals surface area contributed by atoms with Gasteiger partial charge >= 0.3 is 0 Å². The third kappa shape index (κ3) is 3.04. The van der Waals surface area contributed by atoms with Gasteiger partial charge in [-0.2, -0.15) is 0 Å². The number of halogens is 2. The number of rotatable bonds is 4. The zero-order valence-electron chi connectivity index (χ0n) is 9.24. The molecule has 2 aromatic rings. The van der Waals surface area contributed by atoms with Crippen molar-refractivity contribution in [3.63, 3.8) is 0 Å². The van der Waals surface area contributed by atoms with E-state index in [1.54, 1.807) is 29.5 Å². The largest absolute Gasteiger partial charge is 0.487 e. The van der Waals surface area contributed by atoms with Crippen LogP contribution in [0, 0.1) is 5.41 Å². The average Bonchev–Trinajstić information content (AvgIpc) is 2.72. The van der Waals surface area contributed by atoms with Gasteiger partial charge in [-0.3, -0.25) is 5.41 Å². The monoisotopic (exact) mass is 344 g/mol. The highest BCUT2D eigenvalue weighted by atomic mass is 79.9. The number of thiophene rings is 1. The Bertz CT molecular complexity index is 585. The lowest BCUT2D eigenvalue weighted by Gasteiger charge is -2.11. The second-order valence-corrected chi connectivity index (χ2v) is 6.48.